The molecule has 9 nitrogen and oxygen atoms in total. The topological polar surface area (TPSA) is 82.5 Å². The van der Waals surface area contributed by atoms with Gasteiger partial charge in [0, 0.05) is 79.6 Å². The van der Waals surface area contributed by atoms with E-state index in [0.717, 1.165) is 105 Å². The molecular formula is C32H39Cl2N7O2. The van der Waals surface area contributed by atoms with E-state index in [-0.39, 0.29) is 22.9 Å². The van der Waals surface area contributed by atoms with Crippen molar-refractivity contribution in [2.45, 2.75) is 69.5 Å². The molecule has 3 aromatic rings. The van der Waals surface area contributed by atoms with Crippen LogP contribution in [0.1, 0.15) is 56.7 Å². The smallest absolute Gasteiger partial charge is 0.245 e. The van der Waals surface area contributed by atoms with Gasteiger partial charge < -0.3 is 14.5 Å². The van der Waals surface area contributed by atoms with E-state index in [1.54, 1.807) is 0 Å². The number of piperazine rings is 1. The second-order valence-electron chi connectivity index (χ2n) is 13.6. The minimum Gasteiger partial charge on any atom is -0.381 e. The molecule has 1 N–H and O–H groups in total. The Morgan fingerprint density at radius 1 is 1.12 bits per heavy atom. The highest BCUT2D eigenvalue weighted by atomic mass is 35.5. The van der Waals surface area contributed by atoms with E-state index in [1.807, 2.05) is 17.2 Å². The molecule has 11 heteroatoms. The fourth-order valence-electron chi connectivity index (χ4n) is 8.75. The fraction of sp³-hybridized carbons (Fsp3) is 0.594. The number of aromatic nitrogens is 4. The van der Waals surface area contributed by atoms with E-state index in [1.165, 1.54) is 25.3 Å². The zero-order valence-corrected chi connectivity index (χ0v) is 26.3. The fourth-order valence-corrected chi connectivity index (χ4v) is 9.21. The molecule has 3 saturated heterocycles. The Bertz CT molecular complexity index is 1590. The van der Waals surface area contributed by atoms with Crippen molar-refractivity contribution in [3.63, 3.8) is 0 Å². The molecule has 5 heterocycles. The van der Waals surface area contributed by atoms with Gasteiger partial charge in [-0.25, -0.2) is 0 Å². The Labute approximate surface area is 262 Å². The van der Waals surface area contributed by atoms with Crippen molar-refractivity contribution in [3.05, 3.63) is 40.7 Å². The number of rotatable bonds is 5. The number of nitrogens with zero attached hydrogens (tertiary/aromatic N) is 6. The summed E-state index contributed by atoms with van der Waals surface area (Å²) in [5, 5.41) is 15.0. The van der Waals surface area contributed by atoms with Gasteiger partial charge in [-0.15, -0.1) is 0 Å². The Morgan fingerprint density at radius 2 is 1.88 bits per heavy atom. The van der Waals surface area contributed by atoms with Gasteiger partial charge in [-0.3, -0.25) is 19.5 Å². The van der Waals surface area contributed by atoms with E-state index in [4.69, 9.17) is 33.0 Å². The minimum atomic E-state index is 0.0272. The lowest BCUT2D eigenvalue weighted by Gasteiger charge is -2.59. The van der Waals surface area contributed by atoms with E-state index in [9.17, 15) is 4.79 Å². The average molecular weight is 625 g/mol. The molecule has 0 atom stereocenters. The number of hydrogen-bond donors (Lipinski definition) is 1. The van der Waals surface area contributed by atoms with Gasteiger partial charge in [-0.05, 0) is 64.0 Å². The lowest BCUT2D eigenvalue weighted by atomic mass is 9.60. The third kappa shape index (κ3) is 4.29. The molecule has 1 aromatic carbocycles. The van der Waals surface area contributed by atoms with Crippen LogP contribution in [0.4, 0.5) is 5.82 Å². The van der Waals surface area contributed by atoms with Crippen LogP contribution in [-0.2, 0) is 9.53 Å². The zero-order chi connectivity index (χ0) is 29.5. The van der Waals surface area contributed by atoms with Crippen molar-refractivity contribution in [3.8, 4) is 11.1 Å². The van der Waals surface area contributed by atoms with Crippen molar-refractivity contribution in [1.82, 2.24) is 29.8 Å². The van der Waals surface area contributed by atoms with Crippen molar-refractivity contribution in [2.24, 2.45) is 5.41 Å². The predicted molar refractivity (Wildman–Crippen MR) is 169 cm³/mol. The molecule has 5 fully saturated rings. The lowest BCUT2D eigenvalue weighted by Crippen LogP contribution is -2.67. The van der Waals surface area contributed by atoms with Gasteiger partial charge in [-0.1, -0.05) is 29.8 Å². The standard InChI is InChI=1S/C32H39Cl2N7O2/c1-3-26(42)39-17-31(18-39)14-22(15-31)41-20(2)27(28-23-16-35-36-25(23)13-24(33)29(28)34)30(37-41)40-10-9-38(19-32(40)7-4-8-32)21-5-11-43-12-6-21/h3,13,16,21-22H,1,4-12,14-15,17-19H2,2H3,(H,35,36). The largest absolute Gasteiger partial charge is 0.381 e. The van der Waals surface area contributed by atoms with E-state index in [0.29, 0.717) is 16.1 Å². The van der Waals surface area contributed by atoms with Crippen LogP contribution < -0.4 is 4.90 Å². The van der Waals surface area contributed by atoms with Crippen molar-refractivity contribution < 1.29 is 9.53 Å². The first-order valence-corrected chi connectivity index (χ1v) is 16.5. The van der Waals surface area contributed by atoms with Crippen LogP contribution in [0.2, 0.25) is 10.0 Å². The summed E-state index contributed by atoms with van der Waals surface area (Å²) < 4.78 is 7.95. The molecule has 0 unspecified atom stereocenters. The molecule has 228 valence electrons. The first-order chi connectivity index (χ1) is 20.8. The van der Waals surface area contributed by atoms with Gasteiger partial charge in [-0.2, -0.15) is 10.2 Å². The number of halogens is 2. The van der Waals surface area contributed by atoms with Gasteiger partial charge in [0.05, 0.1) is 33.3 Å². The van der Waals surface area contributed by atoms with Crippen LogP contribution in [0.25, 0.3) is 22.0 Å². The van der Waals surface area contributed by atoms with Gasteiger partial charge in [0.1, 0.15) is 0 Å². The van der Waals surface area contributed by atoms with Crippen LogP contribution in [0.5, 0.6) is 0 Å². The average Bonchev–Trinajstić information content (AvgIpc) is 3.55. The quantitative estimate of drug-likeness (QED) is 0.372. The van der Waals surface area contributed by atoms with E-state index < -0.39 is 0 Å². The molecule has 5 aliphatic rings. The van der Waals surface area contributed by atoms with Crippen molar-refractivity contribution in [2.75, 3.05) is 50.8 Å². The molecule has 2 spiro atoms. The predicted octanol–water partition coefficient (Wildman–Crippen LogP) is 5.61. The van der Waals surface area contributed by atoms with Gasteiger partial charge in [0.2, 0.25) is 5.91 Å². The number of likely N-dealkylation sites (tertiary alicyclic amines) is 1. The number of fused-ring (bicyclic) bond motifs is 1. The monoisotopic (exact) mass is 623 g/mol. The number of amides is 1. The van der Waals surface area contributed by atoms with Crippen LogP contribution in [0.3, 0.4) is 0 Å². The van der Waals surface area contributed by atoms with E-state index in [2.05, 4.69) is 38.2 Å². The molecule has 43 heavy (non-hydrogen) atoms. The summed E-state index contributed by atoms with van der Waals surface area (Å²) in [5.74, 6) is 1.05. The summed E-state index contributed by atoms with van der Waals surface area (Å²) in [7, 11) is 0. The molecule has 3 aliphatic heterocycles. The number of anilines is 1. The summed E-state index contributed by atoms with van der Waals surface area (Å²) in [4.78, 5) is 19.4. The Balaban J connectivity index is 1.18. The lowest BCUT2D eigenvalue weighted by molar-refractivity contribution is -0.149. The highest BCUT2D eigenvalue weighted by molar-refractivity contribution is 6.45. The summed E-state index contributed by atoms with van der Waals surface area (Å²) in [5.41, 5.74) is 4.23. The Kier molecular flexibility index (Phi) is 6.64. The Morgan fingerprint density at radius 3 is 2.58 bits per heavy atom. The highest BCUT2D eigenvalue weighted by Crippen LogP contribution is 2.56. The Hall–Kier alpha value is -2.59. The number of carbonyl (C=O) groups is 1. The maximum Gasteiger partial charge on any atom is 0.245 e. The number of ether oxygens (including phenoxy) is 1. The molecule has 1 amide bonds. The third-order valence-corrected chi connectivity index (χ3v) is 12.0. The molecular weight excluding hydrogens is 585 g/mol. The second-order valence-corrected chi connectivity index (χ2v) is 14.4. The van der Waals surface area contributed by atoms with E-state index >= 15 is 0 Å². The van der Waals surface area contributed by atoms with Gasteiger partial charge in [0.15, 0.2) is 5.82 Å². The zero-order valence-electron chi connectivity index (χ0n) is 24.7. The molecule has 2 aromatic heterocycles. The third-order valence-electron chi connectivity index (χ3n) is 11.2. The first-order valence-electron chi connectivity index (χ1n) is 15.7. The molecule has 8 rings (SSSR count). The minimum absolute atomic E-state index is 0.0272. The summed E-state index contributed by atoms with van der Waals surface area (Å²) in [6, 6.07) is 2.74. The number of benzene rings is 1. The van der Waals surface area contributed by atoms with Crippen LogP contribution in [0, 0.1) is 12.3 Å². The van der Waals surface area contributed by atoms with Crippen LogP contribution in [0.15, 0.2) is 24.9 Å². The van der Waals surface area contributed by atoms with Crippen molar-refractivity contribution in [1.29, 1.82) is 0 Å². The second kappa shape index (κ2) is 10.2. The SMILES string of the molecule is C=CC(=O)N1CC2(CC(n3nc(N4CCN(C5CCOCC5)CC45CCC5)c(-c4c(Cl)c(Cl)cc5[nH]ncc45)c3C)C2)C1. The normalized spacial score (nSPS) is 23.9. The van der Waals surface area contributed by atoms with Gasteiger partial charge in [0.25, 0.3) is 0 Å². The maximum atomic E-state index is 12.1. The van der Waals surface area contributed by atoms with Crippen LogP contribution in [-0.4, -0.2) is 93.2 Å². The van der Waals surface area contributed by atoms with Crippen molar-refractivity contribution >= 4 is 45.8 Å². The first kappa shape index (κ1) is 27.9. The summed E-state index contributed by atoms with van der Waals surface area (Å²) in [6.45, 7) is 12.2. The highest BCUT2D eigenvalue weighted by Gasteiger charge is 2.55. The van der Waals surface area contributed by atoms with Crippen LogP contribution >= 0.6 is 23.2 Å². The molecule has 2 saturated carbocycles. The molecule has 2 aliphatic carbocycles. The molecule has 0 radical (unpaired) electrons. The summed E-state index contributed by atoms with van der Waals surface area (Å²) >= 11 is 13.8. The number of carbonyl (C=O) groups excluding carboxylic acids is 1. The number of H-pyrrole nitrogens is 1. The van der Waals surface area contributed by atoms with Gasteiger partial charge >= 0.3 is 0 Å². The molecule has 0 bridgehead atoms. The number of nitrogens with one attached hydrogen (secondary N) is 1. The maximum absolute atomic E-state index is 12.1. The number of aromatic amines is 1. The summed E-state index contributed by atoms with van der Waals surface area (Å²) in [6.07, 6.45) is 11.1. The number of hydrogen-bond acceptors (Lipinski definition) is 6.